The average molecular weight is 396 g/mol. The van der Waals surface area contributed by atoms with Crippen LogP contribution in [0.15, 0.2) is 36.7 Å². The van der Waals surface area contributed by atoms with E-state index in [-0.39, 0.29) is 5.91 Å². The fourth-order valence-electron chi connectivity index (χ4n) is 3.80. The van der Waals surface area contributed by atoms with Crippen LogP contribution in [-0.2, 0) is 0 Å². The Hall–Kier alpha value is -2.87. The van der Waals surface area contributed by atoms with E-state index in [1.165, 1.54) is 12.0 Å². The molecule has 0 saturated carbocycles. The molecule has 1 amide bonds. The van der Waals surface area contributed by atoms with Crippen LogP contribution in [0, 0.1) is 0 Å². The zero-order chi connectivity index (χ0) is 20.2. The van der Waals surface area contributed by atoms with Crippen LogP contribution in [0.4, 0.5) is 11.5 Å². The van der Waals surface area contributed by atoms with Crippen LogP contribution in [-0.4, -0.2) is 92.2 Å². The highest BCUT2D eigenvalue weighted by Gasteiger charge is 2.23. The van der Waals surface area contributed by atoms with Gasteiger partial charge in [0.1, 0.15) is 23.6 Å². The number of likely N-dealkylation sites (N-methyl/N-ethyl adjacent to an activating group) is 1. The van der Waals surface area contributed by atoms with E-state index in [0.29, 0.717) is 5.69 Å². The number of methoxy groups -OCH3 is 1. The summed E-state index contributed by atoms with van der Waals surface area (Å²) in [7, 11) is 3.76. The van der Waals surface area contributed by atoms with Gasteiger partial charge in [0.05, 0.1) is 7.11 Å². The number of anilines is 2. The number of carbonyl (C=O) groups is 1. The van der Waals surface area contributed by atoms with Crippen molar-refractivity contribution in [3.8, 4) is 5.75 Å². The molecule has 2 saturated heterocycles. The maximum Gasteiger partial charge on any atom is 0.272 e. The molecule has 0 N–H and O–H groups in total. The Kier molecular flexibility index (Phi) is 5.80. The zero-order valence-corrected chi connectivity index (χ0v) is 17.1. The van der Waals surface area contributed by atoms with Gasteiger partial charge in [-0.05, 0) is 31.3 Å². The summed E-state index contributed by atoms with van der Waals surface area (Å²) >= 11 is 0. The maximum atomic E-state index is 12.8. The van der Waals surface area contributed by atoms with E-state index in [4.69, 9.17) is 4.74 Å². The van der Waals surface area contributed by atoms with Crippen molar-refractivity contribution >= 4 is 17.4 Å². The van der Waals surface area contributed by atoms with Crippen molar-refractivity contribution in [1.82, 2.24) is 19.8 Å². The van der Waals surface area contributed by atoms with E-state index < -0.39 is 0 Å². The fraction of sp³-hybridized carbons (Fsp3) is 0.476. The quantitative estimate of drug-likeness (QED) is 0.769. The first-order valence-electron chi connectivity index (χ1n) is 10.1. The van der Waals surface area contributed by atoms with Gasteiger partial charge in [-0.1, -0.05) is 0 Å². The molecule has 2 fully saturated rings. The predicted molar refractivity (Wildman–Crippen MR) is 113 cm³/mol. The van der Waals surface area contributed by atoms with Gasteiger partial charge in [0, 0.05) is 64.1 Å². The van der Waals surface area contributed by atoms with Crippen LogP contribution >= 0.6 is 0 Å². The molecule has 0 radical (unpaired) electrons. The number of rotatable bonds is 4. The number of piperazine rings is 2. The van der Waals surface area contributed by atoms with Gasteiger partial charge in [0.15, 0.2) is 0 Å². The average Bonchev–Trinajstić information content (AvgIpc) is 2.79. The molecule has 2 aliphatic heterocycles. The second-order valence-corrected chi connectivity index (χ2v) is 7.53. The molecular formula is C21H28N6O2. The van der Waals surface area contributed by atoms with Gasteiger partial charge in [-0.3, -0.25) is 4.79 Å². The van der Waals surface area contributed by atoms with Gasteiger partial charge in [-0.25, -0.2) is 9.97 Å². The van der Waals surface area contributed by atoms with Gasteiger partial charge < -0.3 is 24.3 Å². The number of carbonyl (C=O) groups excluding carboxylic acids is 1. The Labute approximate surface area is 171 Å². The lowest BCUT2D eigenvalue weighted by Crippen LogP contribution is -2.48. The molecule has 29 heavy (non-hydrogen) atoms. The Morgan fingerprint density at radius 2 is 1.55 bits per heavy atom. The highest BCUT2D eigenvalue weighted by molar-refractivity contribution is 5.93. The van der Waals surface area contributed by atoms with Crippen LogP contribution in [0.3, 0.4) is 0 Å². The van der Waals surface area contributed by atoms with Crippen molar-refractivity contribution < 1.29 is 9.53 Å². The lowest BCUT2D eigenvalue weighted by molar-refractivity contribution is 0.0658. The van der Waals surface area contributed by atoms with Crippen molar-refractivity contribution in [3.05, 3.63) is 42.4 Å². The van der Waals surface area contributed by atoms with Crippen LogP contribution in [0.1, 0.15) is 10.5 Å². The first kappa shape index (κ1) is 19.4. The minimum atomic E-state index is -0.00128. The molecule has 154 valence electrons. The van der Waals surface area contributed by atoms with Gasteiger partial charge in [0.25, 0.3) is 5.91 Å². The molecule has 1 aromatic heterocycles. The Bertz CT molecular complexity index is 827. The second kappa shape index (κ2) is 8.65. The number of amides is 1. The van der Waals surface area contributed by atoms with Crippen molar-refractivity contribution in [2.24, 2.45) is 0 Å². The Balaban J connectivity index is 1.38. The van der Waals surface area contributed by atoms with E-state index >= 15 is 0 Å². The molecule has 1 aromatic carbocycles. The van der Waals surface area contributed by atoms with Gasteiger partial charge in [-0.2, -0.15) is 0 Å². The Morgan fingerprint density at radius 1 is 0.897 bits per heavy atom. The summed E-state index contributed by atoms with van der Waals surface area (Å²) in [6.45, 7) is 6.80. The summed E-state index contributed by atoms with van der Waals surface area (Å²) in [5, 5.41) is 0. The van der Waals surface area contributed by atoms with Crippen LogP contribution in [0.2, 0.25) is 0 Å². The number of ether oxygens (including phenoxy) is 1. The van der Waals surface area contributed by atoms with Gasteiger partial charge in [0.2, 0.25) is 0 Å². The van der Waals surface area contributed by atoms with E-state index in [1.54, 1.807) is 7.11 Å². The number of hydrogen-bond acceptors (Lipinski definition) is 7. The minimum absolute atomic E-state index is 0.00128. The lowest BCUT2D eigenvalue weighted by Gasteiger charge is -2.37. The molecule has 0 bridgehead atoms. The number of nitrogens with zero attached hydrogens (tertiary/aromatic N) is 6. The number of hydrogen-bond donors (Lipinski definition) is 0. The molecule has 0 aliphatic carbocycles. The highest BCUT2D eigenvalue weighted by atomic mass is 16.5. The number of benzene rings is 1. The Morgan fingerprint density at radius 3 is 2.21 bits per heavy atom. The predicted octanol–water partition coefficient (Wildman–Crippen LogP) is 1.20. The molecule has 4 rings (SSSR count). The van der Waals surface area contributed by atoms with Gasteiger partial charge in [-0.15, -0.1) is 0 Å². The van der Waals surface area contributed by atoms with E-state index in [1.807, 2.05) is 23.1 Å². The summed E-state index contributed by atoms with van der Waals surface area (Å²) in [4.78, 5) is 30.2. The molecule has 2 aromatic rings. The van der Waals surface area contributed by atoms with E-state index in [2.05, 4.69) is 43.8 Å². The standard InChI is InChI=1S/C21H28N6O2/c1-24-7-9-27(10-8-24)21(28)19-15-20(23-16-22-19)26-13-11-25(12-14-26)17-3-5-18(29-2)6-4-17/h3-6,15-16H,7-14H2,1-2H3. The van der Waals surface area contributed by atoms with Crippen molar-refractivity contribution in [3.63, 3.8) is 0 Å². The minimum Gasteiger partial charge on any atom is -0.497 e. The van der Waals surface area contributed by atoms with Crippen molar-refractivity contribution in [2.45, 2.75) is 0 Å². The van der Waals surface area contributed by atoms with Crippen LogP contribution in [0.25, 0.3) is 0 Å². The molecule has 8 nitrogen and oxygen atoms in total. The largest absolute Gasteiger partial charge is 0.497 e. The third-order valence-corrected chi connectivity index (χ3v) is 5.70. The van der Waals surface area contributed by atoms with E-state index in [9.17, 15) is 4.79 Å². The molecule has 8 heteroatoms. The third-order valence-electron chi connectivity index (χ3n) is 5.70. The molecular weight excluding hydrogens is 368 g/mol. The van der Waals surface area contributed by atoms with Gasteiger partial charge >= 0.3 is 0 Å². The molecule has 3 heterocycles. The summed E-state index contributed by atoms with van der Waals surface area (Å²) in [5.74, 6) is 1.69. The fourth-order valence-corrected chi connectivity index (χ4v) is 3.80. The van der Waals surface area contributed by atoms with E-state index in [0.717, 1.165) is 63.9 Å². The molecule has 0 spiro atoms. The lowest BCUT2D eigenvalue weighted by atomic mass is 10.2. The summed E-state index contributed by atoms with van der Waals surface area (Å²) in [6.07, 6.45) is 1.51. The third kappa shape index (κ3) is 4.42. The van der Waals surface area contributed by atoms with Crippen LogP contribution < -0.4 is 14.5 Å². The summed E-state index contributed by atoms with van der Waals surface area (Å²) in [5.41, 5.74) is 1.68. The maximum absolute atomic E-state index is 12.8. The van der Waals surface area contributed by atoms with Crippen molar-refractivity contribution in [2.75, 3.05) is 76.3 Å². The topological polar surface area (TPSA) is 65.0 Å². The molecule has 2 aliphatic rings. The zero-order valence-electron chi connectivity index (χ0n) is 17.1. The van der Waals surface area contributed by atoms with Crippen LogP contribution in [0.5, 0.6) is 5.75 Å². The SMILES string of the molecule is COc1ccc(N2CCN(c3cc(C(=O)N4CCN(C)CC4)ncn3)CC2)cc1. The summed E-state index contributed by atoms with van der Waals surface area (Å²) in [6, 6.07) is 9.99. The monoisotopic (exact) mass is 396 g/mol. The first-order chi connectivity index (χ1) is 14.1. The number of aromatic nitrogens is 2. The summed E-state index contributed by atoms with van der Waals surface area (Å²) < 4.78 is 5.24. The smallest absolute Gasteiger partial charge is 0.272 e. The molecule has 0 unspecified atom stereocenters. The highest BCUT2D eigenvalue weighted by Crippen LogP contribution is 2.22. The molecule has 0 atom stereocenters. The first-order valence-corrected chi connectivity index (χ1v) is 10.1. The second-order valence-electron chi connectivity index (χ2n) is 7.53. The van der Waals surface area contributed by atoms with Crippen molar-refractivity contribution in [1.29, 1.82) is 0 Å². The normalized spacial score (nSPS) is 18.1.